The van der Waals surface area contributed by atoms with Crippen LogP contribution in [0.2, 0.25) is 0 Å². The maximum atomic E-state index is 13.5. The lowest BCUT2D eigenvalue weighted by Gasteiger charge is -2.36. The number of carboxylic acid groups (broad SMARTS) is 1. The number of carbonyl (C=O) groups excluding carboxylic acids is 5. The number of amides is 4. The van der Waals surface area contributed by atoms with E-state index in [1.807, 2.05) is 0 Å². The molecular formula is C25H35N7O7. The van der Waals surface area contributed by atoms with Crippen molar-refractivity contribution in [3.63, 3.8) is 0 Å². The van der Waals surface area contributed by atoms with Crippen LogP contribution in [0.15, 0.2) is 29.3 Å². The Bertz CT molecular complexity index is 1120. The van der Waals surface area contributed by atoms with Crippen LogP contribution < -0.4 is 22.5 Å². The van der Waals surface area contributed by atoms with E-state index in [-0.39, 0.29) is 42.5 Å². The topological polar surface area (TPSA) is 232 Å². The molecule has 1 aliphatic rings. The fourth-order valence-corrected chi connectivity index (χ4v) is 4.30. The van der Waals surface area contributed by atoms with Crippen molar-refractivity contribution in [2.24, 2.45) is 22.2 Å². The summed E-state index contributed by atoms with van der Waals surface area (Å²) in [6.45, 7) is 1.83. The lowest BCUT2D eigenvalue weighted by molar-refractivity contribution is -0.148. The summed E-state index contributed by atoms with van der Waals surface area (Å²) in [5, 5.41) is 11.7. The van der Waals surface area contributed by atoms with Gasteiger partial charge in [-0.2, -0.15) is 0 Å². The molecule has 1 unspecified atom stereocenters. The number of rotatable bonds is 12. The van der Waals surface area contributed by atoms with Crippen molar-refractivity contribution < 1.29 is 33.9 Å². The van der Waals surface area contributed by atoms with Crippen LogP contribution >= 0.6 is 0 Å². The largest absolute Gasteiger partial charge is 0.481 e. The Morgan fingerprint density at radius 1 is 1.05 bits per heavy atom. The molecule has 212 valence electrons. The Kier molecular flexibility index (Phi) is 11.4. The first-order chi connectivity index (χ1) is 18.4. The van der Waals surface area contributed by atoms with E-state index >= 15 is 0 Å². The maximum Gasteiger partial charge on any atom is 0.305 e. The summed E-state index contributed by atoms with van der Waals surface area (Å²) in [7, 11) is 0. The molecular weight excluding hydrogens is 510 g/mol. The molecule has 14 nitrogen and oxygen atoms in total. The number of nitrogens with zero attached hydrogens (tertiary/aromatic N) is 3. The molecule has 2 rings (SSSR count). The first kappa shape index (κ1) is 30.7. The Morgan fingerprint density at radius 2 is 1.67 bits per heavy atom. The highest BCUT2D eigenvalue weighted by atomic mass is 16.4. The lowest BCUT2D eigenvalue weighted by Crippen LogP contribution is -2.55. The molecule has 0 bridgehead atoms. The van der Waals surface area contributed by atoms with Crippen LogP contribution in [0.3, 0.4) is 0 Å². The minimum Gasteiger partial charge on any atom is -0.481 e. The third kappa shape index (κ3) is 9.39. The van der Waals surface area contributed by atoms with Crippen molar-refractivity contribution in [1.29, 1.82) is 0 Å². The van der Waals surface area contributed by atoms with Gasteiger partial charge in [0.1, 0.15) is 12.1 Å². The number of ketones is 1. The molecule has 0 spiro atoms. The molecule has 1 heterocycles. The Labute approximate surface area is 225 Å². The van der Waals surface area contributed by atoms with Gasteiger partial charge >= 0.3 is 5.97 Å². The average Bonchev–Trinajstić information content (AvgIpc) is 2.86. The number of nitrogens with one attached hydrogen (secondary N) is 1. The van der Waals surface area contributed by atoms with Crippen LogP contribution in [0, 0.1) is 0 Å². The molecule has 1 aromatic rings. The van der Waals surface area contributed by atoms with E-state index in [1.165, 1.54) is 41.0 Å². The van der Waals surface area contributed by atoms with Crippen LogP contribution in [0.5, 0.6) is 0 Å². The number of carboxylic acids is 1. The van der Waals surface area contributed by atoms with Gasteiger partial charge < -0.3 is 37.4 Å². The second-order valence-corrected chi connectivity index (χ2v) is 9.17. The summed E-state index contributed by atoms with van der Waals surface area (Å²) in [6.07, 6.45) is 1.14. The Morgan fingerprint density at radius 3 is 2.23 bits per heavy atom. The average molecular weight is 546 g/mol. The second kappa shape index (κ2) is 14.4. The zero-order chi connectivity index (χ0) is 29.1. The Hall–Kier alpha value is -4.49. The summed E-state index contributed by atoms with van der Waals surface area (Å²) in [6, 6.07) is 3.03. The monoisotopic (exact) mass is 545 g/mol. The van der Waals surface area contributed by atoms with Gasteiger partial charge in [-0.1, -0.05) is 12.1 Å². The third-order valence-corrected chi connectivity index (χ3v) is 6.20. The van der Waals surface area contributed by atoms with Crippen LogP contribution in [0.4, 0.5) is 0 Å². The maximum absolute atomic E-state index is 13.5. The molecule has 39 heavy (non-hydrogen) atoms. The predicted octanol–water partition coefficient (Wildman–Crippen LogP) is -1.18. The number of hydrogen-bond acceptors (Lipinski definition) is 7. The SMILES string of the molecule is CC(=O)N1CCCCN(CC(=O)N[C@@H](CC(=O)O)C(=O)c2ccc(C(N)=O)cc2)C(=O)C1CCCN=C(N)N. The molecule has 1 aromatic carbocycles. The van der Waals surface area contributed by atoms with Crippen molar-refractivity contribution in [1.82, 2.24) is 15.1 Å². The molecule has 0 saturated carbocycles. The number of benzene rings is 1. The van der Waals surface area contributed by atoms with Gasteiger partial charge in [-0.3, -0.25) is 33.8 Å². The van der Waals surface area contributed by atoms with E-state index in [4.69, 9.17) is 17.2 Å². The summed E-state index contributed by atoms with van der Waals surface area (Å²) in [4.78, 5) is 81.0. The van der Waals surface area contributed by atoms with Gasteiger partial charge in [0.15, 0.2) is 11.7 Å². The fourth-order valence-electron chi connectivity index (χ4n) is 4.30. The normalized spacial score (nSPS) is 16.4. The molecule has 0 aliphatic carbocycles. The second-order valence-electron chi connectivity index (χ2n) is 9.17. The van der Waals surface area contributed by atoms with Crippen molar-refractivity contribution >= 4 is 41.3 Å². The number of hydrogen-bond donors (Lipinski definition) is 5. The van der Waals surface area contributed by atoms with E-state index in [2.05, 4.69) is 10.3 Å². The van der Waals surface area contributed by atoms with Crippen molar-refractivity contribution in [3.8, 4) is 0 Å². The predicted molar refractivity (Wildman–Crippen MR) is 140 cm³/mol. The van der Waals surface area contributed by atoms with E-state index in [1.54, 1.807) is 0 Å². The van der Waals surface area contributed by atoms with Gasteiger partial charge in [-0.15, -0.1) is 0 Å². The molecule has 8 N–H and O–H groups in total. The number of aliphatic imine (C=N–C) groups is 1. The molecule has 2 atom stereocenters. The van der Waals surface area contributed by atoms with Gasteiger partial charge in [-0.05, 0) is 37.8 Å². The van der Waals surface area contributed by atoms with Crippen molar-refractivity contribution in [3.05, 3.63) is 35.4 Å². The minimum atomic E-state index is -1.41. The number of primary amides is 1. The van der Waals surface area contributed by atoms with Gasteiger partial charge in [0, 0.05) is 37.7 Å². The number of nitrogens with two attached hydrogens (primary N) is 3. The van der Waals surface area contributed by atoms with Crippen molar-refractivity contribution in [2.75, 3.05) is 26.2 Å². The smallest absolute Gasteiger partial charge is 0.305 e. The highest BCUT2D eigenvalue weighted by Gasteiger charge is 2.34. The molecule has 14 heteroatoms. The number of Topliss-reactive ketones (excluding diaryl/α,β-unsaturated/α-hetero) is 1. The van der Waals surface area contributed by atoms with Crippen LogP contribution in [-0.4, -0.2) is 94.5 Å². The highest BCUT2D eigenvalue weighted by Crippen LogP contribution is 2.17. The van der Waals surface area contributed by atoms with E-state index in [9.17, 15) is 33.9 Å². The first-order valence-corrected chi connectivity index (χ1v) is 12.5. The molecule has 1 saturated heterocycles. The molecule has 0 radical (unpaired) electrons. The third-order valence-electron chi connectivity index (χ3n) is 6.20. The zero-order valence-corrected chi connectivity index (χ0v) is 21.8. The van der Waals surface area contributed by atoms with Gasteiger partial charge in [-0.25, -0.2) is 0 Å². The minimum absolute atomic E-state index is 0.0758. The highest BCUT2D eigenvalue weighted by molar-refractivity contribution is 6.04. The Balaban J connectivity index is 2.18. The van der Waals surface area contributed by atoms with Crippen LogP contribution in [-0.2, 0) is 19.2 Å². The molecule has 1 aliphatic heterocycles. The van der Waals surface area contributed by atoms with Gasteiger partial charge in [0.25, 0.3) is 0 Å². The lowest BCUT2D eigenvalue weighted by atomic mass is 10.00. The molecule has 4 amide bonds. The van der Waals surface area contributed by atoms with Crippen molar-refractivity contribution in [2.45, 2.75) is 51.1 Å². The van der Waals surface area contributed by atoms with E-state index < -0.39 is 54.5 Å². The first-order valence-electron chi connectivity index (χ1n) is 12.5. The number of aliphatic carboxylic acids is 1. The quantitative estimate of drug-likeness (QED) is 0.0919. The summed E-state index contributed by atoms with van der Waals surface area (Å²) >= 11 is 0. The van der Waals surface area contributed by atoms with Crippen LogP contribution in [0.25, 0.3) is 0 Å². The van der Waals surface area contributed by atoms with Gasteiger partial charge in [0.05, 0.1) is 13.0 Å². The summed E-state index contributed by atoms with van der Waals surface area (Å²) in [5.74, 6) is -4.23. The van der Waals surface area contributed by atoms with E-state index in [0.717, 1.165) is 0 Å². The zero-order valence-electron chi connectivity index (χ0n) is 21.8. The summed E-state index contributed by atoms with van der Waals surface area (Å²) in [5.41, 5.74) is 16.1. The fraction of sp³-hybridized carbons (Fsp3) is 0.480. The standard InChI is InChI=1S/C25H35N7O7/c1-15(33)32-12-3-2-11-31(24(39)19(32)5-4-10-29-25(27)28)14-20(34)30-18(13-21(35)36)22(37)16-6-8-17(9-7-16)23(26)38/h6-9,18-19H,2-5,10-14H2,1H3,(H2,26,38)(H,30,34)(H,35,36)(H4,27,28,29)/t18-,19?/m0/s1. The summed E-state index contributed by atoms with van der Waals surface area (Å²) < 4.78 is 0. The molecule has 1 fully saturated rings. The van der Waals surface area contributed by atoms with Gasteiger partial charge in [0.2, 0.25) is 23.6 Å². The van der Waals surface area contributed by atoms with E-state index in [0.29, 0.717) is 25.8 Å². The van der Waals surface area contributed by atoms with Crippen LogP contribution in [0.1, 0.15) is 59.7 Å². The molecule has 0 aromatic heterocycles. The number of guanidine groups is 1. The number of carbonyl (C=O) groups is 6.